The molecule has 5 aromatic rings. The van der Waals surface area contributed by atoms with Crippen molar-refractivity contribution in [1.82, 2.24) is 29.8 Å². The van der Waals surface area contributed by atoms with Crippen molar-refractivity contribution < 1.29 is 9.13 Å². The fourth-order valence-electron chi connectivity index (χ4n) is 7.07. The lowest BCUT2D eigenvalue weighted by molar-refractivity contribution is 0.0342. The molecule has 0 saturated carbocycles. The second-order valence-corrected chi connectivity index (χ2v) is 15.3. The van der Waals surface area contributed by atoms with Crippen molar-refractivity contribution in [1.29, 1.82) is 5.26 Å². The van der Waals surface area contributed by atoms with Crippen LogP contribution in [-0.2, 0) is 11.3 Å². The molecule has 10 nitrogen and oxygen atoms in total. The number of likely N-dealkylation sites (tertiary alicyclic amines) is 1. The number of ether oxygens (including phenoxy) is 1. The first-order valence-electron chi connectivity index (χ1n) is 17.6. The van der Waals surface area contributed by atoms with Gasteiger partial charge in [-0.2, -0.15) is 5.26 Å². The predicted molar refractivity (Wildman–Crippen MR) is 204 cm³/mol. The molecule has 2 aromatic heterocycles. The summed E-state index contributed by atoms with van der Waals surface area (Å²) in [5, 5.41) is 27.4. The molecule has 13 heteroatoms. The van der Waals surface area contributed by atoms with E-state index < -0.39 is 5.82 Å². The van der Waals surface area contributed by atoms with Gasteiger partial charge in [-0.05, 0) is 75.1 Å². The Morgan fingerprint density at radius 3 is 2.50 bits per heavy atom. The van der Waals surface area contributed by atoms with Crippen molar-refractivity contribution in [3.05, 3.63) is 105 Å². The fraction of sp³-hybridized carbons (Fsp3) is 0.385. The predicted octanol–water partition coefficient (Wildman–Crippen LogP) is 8.36. The largest absolute Gasteiger partial charge is 0.379 e. The first-order chi connectivity index (χ1) is 25.1. The Kier molecular flexibility index (Phi) is 10.6. The van der Waals surface area contributed by atoms with Crippen molar-refractivity contribution in [3.8, 4) is 6.07 Å². The van der Waals surface area contributed by atoms with Gasteiger partial charge in [0.2, 0.25) is 0 Å². The van der Waals surface area contributed by atoms with Crippen LogP contribution in [0.2, 0.25) is 10.0 Å². The molecule has 4 heterocycles. The highest BCUT2D eigenvalue weighted by molar-refractivity contribution is 6.36. The highest BCUT2D eigenvalue weighted by atomic mass is 35.5. The Labute approximate surface area is 313 Å². The standard InChI is InChI=1S/C39H42Cl2FN9O/c1-39(2,3)50-11-9-30(10-12-50)51-24-35(47-48-51)37(26-6-4-5-25(17-26)23-49-13-15-52-16-14-49)46-29-18-31-36(45-28-7-8-34(42)32(40)19-28)27(21-43)22-44-38(31)33(41)20-29/h4-8,17-20,22,24,30,37,46H,9-16,23H2,1-3H3,(H,44,45)/t37-/m0/s1. The number of anilines is 3. The number of fused-ring (bicyclic) bond motifs is 1. The zero-order valence-corrected chi connectivity index (χ0v) is 31.1. The minimum absolute atomic E-state index is 0.0336. The number of benzene rings is 3. The summed E-state index contributed by atoms with van der Waals surface area (Å²) in [7, 11) is 0. The SMILES string of the molecule is CC(C)(C)N1CCC(n2cc([C@@H](Nc3cc(Cl)c4ncc(C#N)c(Nc5ccc(F)c(Cl)c5)c4c3)c3cccc(CN4CCOCC4)c3)nn2)CC1. The lowest BCUT2D eigenvalue weighted by atomic mass is 9.98. The number of aromatic nitrogens is 4. The third-order valence-corrected chi connectivity index (χ3v) is 10.5. The summed E-state index contributed by atoms with van der Waals surface area (Å²) in [4.78, 5) is 9.44. The van der Waals surface area contributed by atoms with Crippen molar-refractivity contribution >= 4 is 51.2 Å². The molecule has 2 N–H and O–H groups in total. The second kappa shape index (κ2) is 15.3. The minimum atomic E-state index is -0.533. The molecule has 7 rings (SSSR count). The molecule has 0 spiro atoms. The van der Waals surface area contributed by atoms with Crippen LogP contribution in [-0.4, -0.2) is 74.7 Å². The zero-order valence-electron chi connectivity index (χ0n) is 29.5. The van der Waals surface area contributed by atoms with Crippen LogP contribution in [0.4, 0.5) is 21.5 Å². The van der Waals surface area contributed by atoms with Gasteiger partial charge in [0.05, 0.1) is 58.3 Å². The molecule has 0 amide bonds. The third kappa shape index (κ3) is 8.02. The van der Waals surface area contributed by atoms with E-state index in [4.69, 9.17) is 33.0 Å². The molecule has 2 saturated heterocycles. The average Bonchev–Trinajstić information content (AvgIpc) is 3.63. The number of hydrogen-bond acceptors (Lipinski definition) is 9. The van der Waals surface area contributed by atoms with Gasteiger partial charge in [-0.15, -0.1) is 5.10 Å². The maximum Gasteiger partial charge on any atom is 0.141 e. The molecule has 270 valence electrons. The van der Waals surface area contributed by atoms with Crippen LogP contribution in [0.25, 0.3) is 10.9 Å². The maximum absolute atomic E-state index is 14.0. The molecule has 0 bridgehead atoms. The second-order valence-electron chi connectivity index (χ2n) is 14.5. The Morgan fingerprint density at radius 1 is 1.00 bits per heavy atom. The Hall–Kier alpha value is -4.31. The van der Waals surface area contributed by atoms with Gasteiger partial charge in [-0.1, -0.05) is 52.7 Å². The number of morpholine rings is 1. The fourth-order valence-corrected chi connectivity index (χ4v) is 7.51. The van der Waals surface area contributed by atoms with E-state index >= 15 is 0 Å². The van der Waals surface area contributed by atoms with E-state index in [1.165, 1.54) is 23.9 Å². The number of pyridine rings is 1. The van der Waals surface area contributed by atoms with E-state index in [0.29, 0.717) is 38.6 Å². The number of nitriles is 1. The van der Waals surface area contributed by atoms with E-state index in [0.717, 1.165) is 70.0 Å². The van der Waals surface area contributed by atoms with Crippen LogP contribution in [0.3, 0.4) is 0 Å². The lowest BCUT2D eigenvalue weighted by Crippen LogP contribution is -2.46. The Balaban J connectivity index is 1.25. The van der Waals surface area contributed by atoms with Crippen molar-refractivity contribution in [2.75, 3.05) is 50.0 Å². The quantitative estimate of drug-likeness (QED) is 0.154. The molecule has 2 aliphatic rings. The molecule has 3 aromatic carbocycles. The van der Waals surface area contributed by atoms with Crippen LogP contribution in [0.5, 0.6) is 0 Å². The van der Waals surface area contributed by atoms with Crippen molar-refractivity contribution in [3.63, 3.8) is 0 Å². The van der Waals surface area contributed by atoms with E-state index in [9.17, 15) is 9.65 Å². The summed E-state index contributed by atoms with van der Waals surface area (Å²) in [6.07, 6.45) is 5.53. The van der Waals surface area contributed by atoms with Crippen LogP contribution >= 0.6 is 23.2 Å². The highest BCUT2D eigenvalue weighted by Crippen LogP contribution is 2.38. The van der Waals surface area contributed by atoms with Crippen LogP contribution < -0.4 is 10.6 Å². The molecule has 0 radical (unpaired) electrons. The average molecular weight is 743 g/mol. The minimum Gasteiger partial charge on any atom is -0.379 e. The normalized spacial score (nSPS) is 16.9. The summed E-state index contributed by atoms with van der Waals surface area (Å²) < 4.78 is 21.6. The first kappa shape index (κ1) is 36.1. The Bertz CT molecular complexity index is 2100. The molecule has 1 atom stereocenters. The Morgan fingerprint density at radius 2 is 1.77 bits per heavy atom. The van der Waals surface area contributed by atoms with Crippen LogP contribution in [0.15, 0.2) is 67.0 Å². The summed E-state index contributed by atoms with van der Waals surface area (Å²) in [6, 6.07) is 18.7. The summed E-state index contributed by atoms with van der Waals surface area (Å²) in [6.45, 7) is 12.9. The van der Waals surface area contributed by atoms with Gasteiger partial charge in [0.1, 0.15) is 17.6 Å². The number of nitrogens with zero attached hydrogens (tertiary/aromatic N) is 7. The van der Waals surface area contributed by atoms with E-state index in [1.807, 2.05) is 16.8 Å². The van der Waals surface area contributed by atoms with Gasteiger partial charge in [0.25, 0.3) is 0 Å². The molecule has 0 unspecified atom stereocenters. The lowest BCUT2D eigenvalue weighted by Gasteiger charge is -2.40. The number of halogens is 3. The molecule has 0 aliphatic carbocycles. The molecule has 2 fully saturated rings. The van der Waals surface area contributed by atoms with Gasteiger partial charge in [-0.25, -0.2) is 9.07 Å². The van der Waals surface area contributed by atoms with Gasteiger partial charge >= 0.3 is 0 Å². The molecule has 2 aliphatic heterocycles. The maximum atomic E-state index is 14.0. The van der Waals surface area contributed by atoms with Crippen LogP contribution in [0.1, 0.15) is 68.1 Å². The summed E-state index contributed by atoms with van der Waals surface area (Å²) in [5.74, 6) is -0.533. The highest BCUT2D eigenvalue weighted by Gasteiger charge is 2.29. The molecular formula is C39H42Cl2FN9O. The van der Waals surface area contributed by atoms with Gasteiger partial charge in [0.15, 0.2) is 0 Å². The van der Waals surface area contributed by atoms with E-state index in [2.05, 4.69) is 87.9 Å². The zero-order chi connectivity index (χ0) is 36.4. The topological polar surface area (TPSA) is 107 Å². The third-order valence-electron chi connectivity index (χ3n) is 9.95. The van der Waals surface area contributed by atoms with E-state index in [1.54, 1.807) is 6.07 Å². The smallest absolute Gasteiger partial charge is 0.141 e. The molecule has 52 heavy (non-hydrogen) atoms. The monoisotopic (exact) mass is 741 g/mol. The van der Waals surface area contributed by atoms with E-state index in [-0.39, 0.29) is 22.6 Å². The number of hydrogen-bond donors (Lipinski definition) is 2. The first-order valence-corrected chi connectivity index (χ1v) is 18.4. The van der Waals surface area contributed by atoms with Gasteiger partial charge in [0, 0.05) is 61.2 Å². The van der Waals surface area contributed by atoms with Crippen LogP contribution in [0, 0.1) is 17.1 Å². The summed E-state index contributed by atoms with van der Waals surface area (Å²) in [5.41, 5.74) is 5.64. The van der Waals surface area contributed by atoms with Crippen molar-refractivity contribution in [2.45, 2.75) is 57.8 Å². The molecular weight excluding hydrogens is 700 g/mol. The number of rotatable bonds is 9. The van der Waals surface area contributed by atoms with Gasteiger partial charge < -0.3 is 15.4 Å². The summed E-state index contributed by atoms with van der Waals surface area (Å²) >= 11 is 13.0. The number of piperidine rings is 1. The van der Waals surface area contributed by atoms with Crippen molar-refractivity contribution in [2.24, 2.45) is 0 Å². The van der Waals surface area contributed by atoms with Gasteiger partial charge in [-0.3, -0.25) is 14.8 Å². The number of nitrogens with one attached hydrogen (secondary N) is 2.